The Morgan fingerprint density at radius 1 is 0.872 bits per heavy atom. The van der Waals surface area contributed by atoms with Gasteiger partial charge in [0.2, 0.25) is 0 Å². The molecule has 1 N–H and O–H groups in total. The van der Waals surface area contributed by atoms with E-state index in [-0.39, 0.29) is 24.4 Å². The summed E-state index contributed by atoms with van der Waals surface area (Å²) in [5.74, 6) is 1.05. The largest absolute Gasteiger partial charge is 0.490 e. The molecule has 39 heavy (non-hydrogen) atoms. The molecule has 0 bridgehead atoms. The van der Waals surface area contributed by atoms with Crippen LogP contribution in [0.4, 0.5) is 0 Å². The molecule has 0 saturated carbocycles. The van der Waals surface area contributed by atoms with Gasteiger partial charge in [-0.3, -0.25) is 4.79 Å². The highest BCUT2D eigenvalue weighted by atomic mass is 16.6. The quantitative estimate of drug-likeness (QED) is 0.261. The Balaban J connectivity index is 1.44. The molecule has 3 aromatic rings. The van der Waals surface area contributed by atoms with Gasteiger partial charge in [0, 0.05) is 29.3 Å². The van der Waals surface area contributed by atoms with E-state index in [1.165, 1.54) is 0 Å². The van der Waals surface area contributed by atoms with Crippen molar-refractivity contribution >= 4 is 11.8 Å². The maximum Gasteiger partial charge on any atom is 0.336 e. The Bertz CT molecular complexity index is 1420. The van der Waals surface area contributed by atoms with Crippen molar-refractivity contribution in [2.75, 3.05) is 13.2 Å². The fraction of sp³-hybridized carbons (Fsp3) is 0.273. The second-order valence-corrected chi connectivity index (χ2v) is 10.7. The van der Waals surface area contributed by atoms with Crippen LogP contribution in [0.2, 0.25) is 0 Å². The van der Waals surface area contributed by atoms with Crippen LogP contribution in [0.25, 0.3) is 0 Å². The third kappa shape index (κ3) is 6.06. The van der Waals surface area contributed by atoms with Crippen LogP contribution in [0.1, 0.15) is 45.1 Å². The first kappa shape index (κ1) is 26.3. The number of carbonyl (C=O) groups excluding carboxylic acids is 2. The number of benzene rings is 3. The maximum absolute atomic E-state index is 13.6. The first-order chi connectivity index (χ1) is 18.8. The Kier molecular flexibility index (Phi) is 7.55. The van der Waals surface area contributed by atoms with Crippen molar-refractivity contribution in [1.29, 1.82) is 0 Å². The molecular formula is C33H33NO5. The van der Waals surface area contributed by atoms with E-state index in [0.29, 0.717) is 40.5 Å². The first-order valence-corrected chi connectivity index (χ1v) is 13.2. The van der Waals surface area contributed by atoms with E-state index < -0.39 is 11.9 Å². The van der Waals surface area contributed by atoms with Crippen molar-refractivity contribution in [2.45, 2.75) is 39.5 Å². The monoisotopic (exact) mass is 523 g/mol. The van der Waals surface area contributed by atoms with Gasteiger partial charge in [-0.05, 0) is 60.7 Å². The molecule has 0 spiro atoms. The van der Waals surface area contributed by atoms with Crippen molar-refractivity contribution in [2.24, 2.45) is 5.41 Å². The van der Waals surface area contributed by atoms with E-state index in [4.69, 9.17) is 14.2 Å². The van der Waals surface area contributed by atoms with E-state index in [2.05, 4.69) is 19.2 Å². The lowest BCUT2D eigenvalue weighted by atomic mass is 9.68. The molecule has 1 atom stereocenters. The van der Waals surface area contributed by atoms with Gasteiger partial charge in [-0.25, -0.2) is 4.79 Å². The number of dihydropyridines is 1. The minimum absolute atomic E-state index is 0.0401. The highest BCUT2D eigenvalue weighted by Gasteiger charge is 2.43. The summed E-state index contributed by atoms with van der Waals surface area (Å²) in [5, 5.41) is 3.38. The molecule has 1 aliphatic carbocycles. The number of allylic oxidation sites excluding steroid dienone is 3. The molecule has 0 saturated heterocycles. The minimum atomic E-state index is -0.563. The summed E-state index contributed by atoms with van der Waals surface area (Å²) in [6, 6.07) is 26.5. The number of esters is 1. The van der Waals surface area contributed by atoms with Gasteiger partial charge in [-0.1, -0.05) is 62.4 Å². The summed E-state index contributed by atoms with van der Waals surface area (Å²) in [5.41, 5.74) is 3.25. The number of para-hydroxylation sites is 2. The molecule has 5 rings (SSSR count). The Labute approximate surface area is 229 Å². The van der Waals surface area contributed by atoms with E-state index in [1.54, 1.807) is 0 Å². The van der Waals surface area contributed by atoms with Crippen molar-refractivity contribution in [3.05, 3.63) is 113 Å². The third-order valence-electron chi connectivity index (χ3n) is 6.96. The summed E-state index contributed by atoms with van der Waals surface area (Å²) in [4.78, 5) is 27.1. The standard InChI is InChI=1S/C33H33NO5/c1-22-29(32(36)38-18-17-37-24-12-6-4-7-13-24)30(31-27(34-22)20-33(2,3)21-28(31)35)23-11-10-16-26(19-23)39-25-14-8-5-9-15-25/h4-16,19,30,34H,17-18,20-21H2,1-3H3/t30-/m1/s1. The molecule has 0 radical (unpaired) electrons. The van der Waals surface area contributed by atoms with Gasteiger partial charge in [0.1, 0.15) is 30.5 Å². The second-order valence-electron chi connectivity index (χ2n) is 10.7. The SMILES string of the molecule is CC1=C(C(=O)OCCOc2ccccc2)[C@@H](c2cccc(Oc3ccccc3)c2)C2=C(CC(C)(C)CC2=O)N1. The fourth-order valence-electron chi connectivity index (χ4n) is 5.31. The zero-order chi connectivity index (χ0) is 27.4. The van der Waals surface area contributed by atoms with Crippen LogP contribution in [0, 0.1) is 5.41 Å². The van der Waals surface area contributed by atoms with Crippen LogP contribution in [-0.4, -0.2) is 25.0 Å². The van der Waals surface area contributed by atoms with E-state index in [1.807, 2.05) is 91.9 Å². The smallest absolute Gasteiger partial charge is 0.336 e. The second kappa shape index (κ2) is 11.2. The number of ketones is 1. The predicted octanol–water partition coefficient (Wildman–Crippen LogP) is 6.71. The van der Waals surface area contributed by atoms with Crippen LogP contribution in [-0.2, 0) is 14.3 Å². The summed E-state index contributed by atoms with van der Waals surface area (Å²) in [7, 11) is 0. The van der Waals surface area contributed by atoms with Gasteiger partial charge in [0.25, 0.3) is 0 Å². The van der Waals surface area contributed by atoms with Gasteiger partial charge in [-0.2, -0.15) is 0 Å². The summed E-state index contributed by atoms with van der Waals surface area (Å²) in [6.45, 7) is 6.36. The Hall–Kier alpha value is -4.32. The van der Waals surface area contributed by atoms with Crippen molar-refractivity contribution in [3.63, 3.8) is 0 Å². The van der Waals surface area contributed by atoms with Crippen molar-refractivity contribution in [3.8, 4) is 17.2 Å². The molecule has 0 unspecified atom stereocenters. The van der Waals surface area contributed by atoms with Crippen molar-refractivity contribution < 1.29 is 23.8 Å². The molecule has 0 amide bonds. The molecule has 1 heterocycles. The van der Waals surface area contributed by atoms with Crippen LogP contribution < -0.4 is 14.8 Å². The highest BCUT2D eigenvalue weighted by Crippen LogP contribution is 2.47. The number of hydrogen-bond donors (Lipinski definition) is 1. The fourth-order valence-corrected chi connectivity index (χ4v) is 5.31. The lowest BCUT2D eigenvalue weighted by Crippen LogP contribution is -2.38. The van der Waals surface area contributed by atoms with Gasteiger partial charge >= 0.3 is 5.97 Å². The summed E-state index contributed by atoms with van der Waals surface area (Å²) >= 11 is 0. The summed E-state index contributed by atoms with van der Waals surface area (Å²) in [6.07, 6.45) is 1.13. The number of rotatable bonds is 8. The average Bonchev–Trinajstić information content (AvgIpc) is 2.91. The van der Waals surface area contributed by atoms with Gasteiger partial charge in [0.05, 0.1) is 5.57 Å². The number of nitrogens with one attached hydrogen (secondary N) is 1. The van der Waals surface area contributed by atoms with E-state index in [0.717, 1.165) is 17.7 Å². The van der Waals surface area contributed by atoms with Crippen molar-refractivity contribution in [1.82, 2.24) is 5.32 Å². The third-order valence-corrected chi connectivity index (χ3v) is 6.96. The van der Waals surface area contributed by atoms with Crippen LogP contribution in [0.3, 0.4) is 0 Å². The topological polar surface area (TPSA) is 73.9 Å². The molecule has 3 aromatic carbocycles. The number of hydrogen-bond acceptors (Lipinski definition) is 6. The Morgan fingerprint density at radius 2 is 1.54 bits per heavy atom. The predicted molar refractivity (Wildman–Crippen MR) is 149 cm³/mol. The van der Waals surface area contributed by atoms with Crippen LogP contribution >= 0.6 is 0 Å². The van der Waals surface area contributed by atoms with Crippen LogP contribution in [0.5, 0.6) is 17.2 Å². The molecule has 6 nitrogen and oxygen atoms in total. The molecule has 0 fully saturated rings. The normalized spacial score (nSPS) is 18.2. The van der Waals surface area contributed by atoms with Gasteiger partial charge in [-0.15, -0.1) is 0 Å². The number of carbonyl (C=O) groups is 2. The lowest BCUT2D eigenvalue weighted by Gasteiger charge is -2.39. The lowest BCUT2D eigenvalue weighted by molar-refractivity contribution is -0.140. The molecular weight excluding hydrogens is 490 g/mol. The zero-order valence-electron chi connectivity index (χ0n) is 22.5. The molecule has 200 valence electrons. The van der Waals surface area contributed by atoms with E-state index in [9.17, 15) is 9.59 Å². The van der Waals surface area contributed by atoms with Gasteiger partial charge in [0.15, 0.2) is 5.78 Å². The zero-order valence-corrected chi connectivity index (χ0v) is 22.5. The number of ether oxygens (including phenoxy) is 3. The average molecular weight is 524 g/mol. The molecule has 2 aliphatic rings. The highest BCUT2D eigenvalue weighted by molar-refractivity contribution is 6.04. The minimum Gasteiger partial charge on any atom is -0.490 e. The van der Waals surface area contributed by atoms with Gasteiger partial charge < -0.3 is 19.5 Å². The molecule has 6 heteroatoms. The van der Waals surface area contributed by atoms with Crippen LogP contribution in [0.15, 0.2) is 107 Å². The molecule has 0 aromatic heterocycles. The van der Waals surface area contributed by atoms with E-state index >= 15 is 0 Å². The maximum atomic E-state index is 13.6. The summed E-state index contributed by atoms with van der Waals surface area (Å²) < 4.78 is 17.5. The first-order valence-electron chi connectivity index (χ1n) is 13.2. The molecule has 1 aliphatic heterocycles. The number of Topliss-reactive ketones (excluding diaryl/α,β-unsaturated/α-hetero) is 1. The Morgan fingerprint density at radius 3 is 2.26 bits per heavy atom.